The Morgan fingerprint density at radius 1 is 1.58 bits per heavy atom. The van der Waals surface area contributed by atoms with Gasteiger partial charge in [-0.05, 0) is 13.2 Å². The zero-order valence-electron chi connectivity index (χ0n) is 8.26. The van der Waals surface area contributed by atoms with Crippen LogP contribution in [0.25, 0.3) is 0 Å². The Balaban J connectivity index is 3.47. The van der Waals surface area contributed by atoms with Gasteiger partial charge in [-0.1, -0.05) is 0 Å². The highest BCUT2D eigenvalue weighted by Crippen LogP contribution is 1.95. The Kier molecular flexibility index (Phi) is 6.20. The summed E-state index contributed by atoms with van der Waals surface area (Å²) < 4.78 is 0. The Hall–Kier alpha value is -0.220. The average Bonchev–Trinajstić information content (AvgIpc) is 2.00. The quantitative estimate of drug-likeness (QED) is 0.682. The van der Waals surface area contributed by atoms with Crippen LogP contribution in [-0.2, 0) is 4.79 Å². The molecule has 12 heavy (non-hydrogen) atoms. The lowest BCUT2D eigenvalue weighted by Crippen LogP contribution is -2.38. The summed E-state index contributed by atoms with van der Waals surface area (Å²) in [4.78, 5) is 12.7. The fourth-order valence-corrected chi connectivity index (χ4v) is 1.35. The smallest absolute Gasteiger partial charge is 0.236 e. The Bertz CT molecular complexity index is 139. The van der Waals surface area contributed by atoms with Gasteiger partial charge < -0.3 is 10.2 Å². The molecule has 0 heterocycles. The molecule has 3 nitrogen and oxygen atoms in total. The number of hydrogen-bond acceptors (Lipinski definition) is 3. The van der Waals surface area contributed by atoms with E-state index in [0.29, 0.717) is 12.6 Å². The van der Waals surface area contributed by atoms with E-state index in [0.717, 1.165) is 5.75 Å². The molecule has 0 spiro atoms. The van der Waals surface area contributed by atoms with Gasteiger partial charge in [-0.25, -0.2) is 0 Å². The topological polar surface area (TPSA) is 32.3 Å². The Morgan fingerprint density at radius 2 is 2.17 bits per heavy atom. The molecule has 1 atom stereocenters. The van der Waals surface area contributed by atoms with Crippen molar-refractivity contribution in [1.29, 1.82) is 0 Å². The maximum absolute atomic E-state index is 11.1. The molecular formula is C8H18N2OS. The first kappa shape index (κ1) is 11.8. The van der Waals surface area contributed by atoms with Crippen LogP contribution in [0.3, 0.4) is 0 Å². The third-order valence-corrected chi connectivity index (χ3v) is 2.35. The van der Waals surface area contributed by atoms with Crippen LogP contribution in [0.1, 0.15) is 6.92 Å². The number of amides is 1. The average molecular weight is 190 g/mol. The maximum atomic E-state index is 11.1. The van der Waals surface area contributed by atoms with Gasteiger partial charge in [0.25, 0.3) is 0 Å². The number of rotatable bonds is 5. The van der Waals surface area contributed by atoms with Crippen molar-refractivity contribution in [1.82, 2.24) is 10.2 Å². The van der Waals surface area contributed by atoms with Crippen LogP contribution in [-0.4, -0.2) is 49.5 Å². The van der Waals surface area contributed by atoms with Crippen LogP contribution in [0.15, 0.2) is 0 Å². The van der Waals surface area contributed by atoms with Crippen LogP contribution in [0.5, 0.6) is 0 Å². The maximum Gasteiger partial charge on any atom is 0.236 e. The lowest BCUT2D eigenvalue weighted by molar-refractivity contribution is -0.127. The van der Waals surface area contributed by atoms with E-state index in [2.05, 4.69) is 18.5 Å². The van der Waals surface area contributed by atoms with Crippen molar-refractivity contribution < 1.29 is 4.79 Å². The van der Waals surface area contributed by atoms with Gasteiger partial charge in [-0.3, -0.25) is 4.79 Å². The highest BCUT2D eigenvalue weighted by Gasteiger charge is 2.05. The molecule has 0 rings (SSSR count). The SMILES string of the molecule is CSCC(C)NCC(=O)N(C)C. The van der Waals surface area contributed by atoms with E-state index in [1.54, 1.807) is 30.8 Å². The van der Waals surface area contributed by atoms with Crippen LogP contribution in [0.4, 0.5) is 0 Å². The van der Waals surface area contributed by atoms with Crippen LogP contribution < -0.4 is 5.32 Å². The van der Waals surface area contributed by atoms with Gasteiger partial charge in [0.2, 0.25) is 5.91 Å². The molecule has 0 fully saturated rings. The standard InChI is InChI=1S/C8H18N2OS/c1-7(6-12-4)9-5-8(11)10(2)3/h7,9H,5-6H2,1-4H3. The van der Waals surface area contributed by atoms with Gasteiger partial charge >= 0.3 is 0 Å². The second-order valence-electron chi connectivity index (χ2n) is 3.03. The monoisotopic (exact) mass is 190 g/mol. The third kappa shape index (κ3) is 5.43. The van der Waals surface area contributed by atoms with E-state index < -0.39 is 0 Å². The lowest BCUT2D eigenvalue weighted by atomic mass is 10.4. The Morgan fingerprint density at radius 3 is 2.58 bits per heavy atom. The predicted molar refractivity (Wildman–Crippen MR) is 54.5 cm³/mol. The normalized spacial score (nSPS) is 12.7. The minimum atomic E-state index is 0.128. The molecule has 0 aromatic rings. The van der Waals surface area contributed by atoms with Crippen molar-refractivity contribution in [3.63, 3.8) is 0 Å². The minimum absolute atomic E-state index is 0.128. The number of thioether (sulfide) groups is 1. The first-order chi connectivity index (χ1) is 5.57. The van der Waals surface area contributed by atoms with Crippen molar-refractivity contribution in [2.45, 2.75) is 13.0 Å². The number of nitrogens with one attached hydrogen (secondary N) is 1. The van der Waals surface area contributed by atoms with E-state index in [1.807, 2.05) is 0 Å². The van der Waals surface area contributed by atoms with E-state index in [9.17, 15) is 4.79 Å². The number of nitrogens with zero attached hydrogens (tertiary/aromatic N) is 1. The van der Waals surface area contributed by atoms with Gasteiger partial charge in [0.05, 0.1) is 6.54 Å². The highest BCUT2D eigenvalue weighted by molar-refractivity contribution is 7.98. The van der Waals surface area contributed by atoms with Gasteiger partial charge in [-0.15, -0.1) is 0 Å². The van der Waals surface area contributed by atoms with Crippen LogP contribution in [0, 0.1) is 0 Å². The summed E-state index contributed by atoms with van der Waals surface area (Å²) >= 11 is 1.78. The second-order valence-corrected chi connectivity index (χ2v) is 3.94. The molecule has 72 valence electrons. The minimum Gasteiger partial charge on any atom is -0.348 e. The van der Waals surface area contributed by atoms with Gasteiger partial charge in [0.1, 0.15) is 0 Å². The van der Waals surface area contributed by atoms with E-state index in [-0.39, 0.29) is 5.91 Å². The molecule has 1 amide bonds. The number of hydrogen-bond donors (Lipinski definition) is 1. The molecule has 0 saturated heterocycles. The molecular weight excluding hydrogens is 172 g/mol. The van der Waals surface area contributed by atoms with Crippen molar-refractivity contribution >= 4 is 17.7 Å². The van der Waals surface area contributed by atoms with Crippen LogP contribution >= 0.6 is 11.8 Å². The molecule has 4 heteroatoms. The zero-order valence-corrected chi connectivity index (χ0v) is 9.07. The molecule has 0 aromatic heterocycles. The highest BCUT2D eigenvalue weighted by atomic mass is 32.2. The Labute approximate surface area is 78.9 Å². The van der Waals surface area contributed by atoms with Crippen molar-refractivity contribution in [3.8, 4) is 0 Å². The molecule has 0 bridgehead atoms. The second kappa shape index (κ2) is 6.31. The van der Waals surface area contributed by atoms with Crippen molar-refractivity contribution in [3.05, 3.63) is 0 Å². The summed E-state index contributed by atoms with van der Waals surface area (Å²) in [7, 11) is 3.53. The van der Waals surface area contributed by atoms with Crippen molar-refractivity contribution in [2.75, 3.05) is 32.6 Å². The first-order valence-corrected chi connectivity index (χ1v) is 5.39. The molecule has 0 aliphatic rings. The predicted octanol–water partition coefficient (Wildman–Crippen LogP) is 0.416. The summed E-state index contributed by atoms with van der Waals surface area (Å²) in [5.74, 6) is 1.17. The molecule has 0 aromatic carbocycles. The number of carbonyl (C=O) groups is 1. The van der Waals surface area contributed by atoms with Crippen molar-refractivity contribution in [2.24, 2.45) is 0 Å². The van der Waals surface area contributed by atoms with Crippen LogP contribution in [0.2, 0.25) is 0 Å². The summed E-state index contributed by atoms with van der Waals surface area (Å²) in [6.07, 6.45) is 2.06. The molecule has 0 aliphatic heterocycles. The molecule has 1 unspecified atom stereocenters. The first-order valence-electron chi connectivity index (χ1n) is 4.00. The summed E-state index contributed by atoms with van der Waals surface area (Å²) in [6, 6.07) is 0.406. The van der Waals surface area contributed by atoms with E-state index in [1.165, 1.54) is 0 Å². The largest absolute Gasteiger partial charge is 0.348 e. The summed E-state index contributed by atoms with van der Waals surface area (Å²) in [6.45, 7) is 2.52. The summed E-state index contributed by atoms with van der Waals surface area (Å²) in [5.41, 5.74) is 0. The van der Waals surface area contributed by atoms with E-state index in [4.69, 9.17) is 0 Å². The number of carbonyl (C=O) groups excluding carboxylic acids is 1. The summed E-state index contributed by atoms with van der Waals surface area (Å²) in [5, 5.41) is 3.15. The lowest BCUT2D eigenvalue weighted by Gasteiger charge is -2.14. The molecule has 1 N–H and O–H groups in total. The fourth-order valence-electron chi connectivity index (χ4n) is 0.729. The molecule has 0 saturated carbocycles. The van der Waals surface area contributed by atoms with Gasteiger partial charge in [0.15, 0.2) is 0 Å². The fraction of sp³-hybridized carbons (Fsp3) is 0.875. The third-order valence-electron chi connectivity index (χ3n) is 1.52. The van der Waals surface area contributed by atoms with Gasteiger partial charge in [-0.2, -0.15) is 11.8 Å². The molecule has 0 aliphatic carbocycles. The molecule has 0 radical (unpaired) electrons. The number of likely N-dealkylation sites (N-methyl/N-ethyl adjacent to an activating group) is 1. The van der Waals surface area contributed by atoms with E-state index >= 15 is 0 Å². The van der Waals surface area contributed by atoms with Gasteiger partial charge in [0, 0.05) is 25.9 Å². The zero-order chi connectivity index (χ0) is 9.56.